The zero-order valence-corrected chi connectivity index (χ0v) is 6.48. The average Bonchev–Trinajstić information content (AvgIpc) is 1.95. The molecule has 11 heavy (non-hydrogen) atoms. The molecule has 0 aliphatic carbocycles. The molecule has 1 heterocycles. The van der Waals surface area contributed by atoms with E-state index < -0.39 is 12.0 Å². The van der Waals surface area contributed by atoms with Crippen LogP contribution in [-0.4, -0.2) is 30.2 Å². The van der Waals surface area contributed by atoms with Crippen molar-refractivity contribution in [2.75, 3.05) is 13.1 Å². The first kappa shape index (κ1) is 8.87. The number of piperidine rings is 1. The Morgan fingerprint density at radius 3 is 2.64 bits per heavy atom. The summed E-state index contributed by atoms with van der Waals surface area (Å²) in [6.45, 7) is 2.59. The third-order valence-electron chi connectivity index (χ3n) is 2.38. The molecule has 1 rings (SSSR count). The van der Waals surface area contributed by atoms with E-state index in [1.165, 1.54) is 0 Å². The molecule has 0 aromatic heterocycles. The minimum atomic E-state index is -2.63. The molecule has 1 fully saturated rings. The van der Waals surface area contributed by atoms with Gasteiger partial charge in [0.15, 0.2) is 0 Å². The van der Waals surface area contributed by atoms with E-state index in [9.17, 15) is 13.9 Å². The summed E-state index contributed by atoms with van der Waals surface area (Å²) in [5, 5.41) is 12.4. The Labute approximate surface area is 64.6 Å². The van der Waals surface area contributed by atoms with Crippen molar-refractivity contribution in [1.29, 1.82) is 0 Å². The van der Waals surface area contributed by atoms with E-state index in [4.69, 9.17) is 0 Å². The second kappa shape index (κ2) is 3.03. The van der Waals surface area contributed by atoms with Gasteiger partial charge in [0.1, 0.15) is 5.60 Å². The second-order valence-electron chi connectivity index (χ2n) is 3.15. The summed E-state index contributed by atoms with van der Waals surface area (Å²) in [5.74, 6) is -0.365. The summed E-state index contributed by atoms with van der Waals surface area (Å²) in [6, 6.07) is 0. The first-order valence-corrected chi connectivity index (χ1v) is 3.78. The smallest absolute Gasteiger partial charge is 0.267 e. The summed E-state index contributed by atoms with van der Waals surface area (Å²) < 4.78 is 24.6. The van der Waals surface area contributed by atoms with Crippen LogP contribution in [0.5, 0.6) is 0 Å². The van der Waals surface area contributed by atoms with Gasteiger partial charge in [-0.05, 0) is 13.0 Å². The second-order valence-corrected chi connectivity index (χ2v) is 3.15. The summed E-state index contributed by atoms with van der Waals surface area (Å²) in [6.07, 6.45) is -2.48. The quantitative estimate of drug-likeness (QED) is 0.596. The molecule has 2 atom stereocenters. The number of aliphatic hydroxyl groups is 1. The van der Waals surface area contributed by atoms with Crippen LogP contribution in [0, 0.1) is 5.92 Å². The number of nitrogens with one attached hydrogen (secondary N) is 1. The van der Waals surface area contributed by atoms with Gasteiger partial charge in [0.2, 0.25) is 0 Å². The molecule has 0 bridgehead atoms. The lowest BCUT2D eigenvalue weighted by atomic mass is 9.83. The van der Waals surface area contributed by atoms with Gasteiger partial charge in [-0.15, -0.1) is 0 Å². The molecule has 0 radical (unpaired) electrons. The molecule has 1 saturated heterocycles. The molecule has 2 unspecified atom stereocenters. The van der Waals surface area contributed by atoms with Gasteiger partial charge < -0.3 is 10.4 Å². The Morgan fingerprint density at radius 2 is 2.27 bits per heavy atom. The van der Waals surface area contributed by atoms with Crippen LogP contribution in [0.4, 0.5) is 8.78 Å². The minimum absolute atomic E-state index is 0.145. The Morgan fingerprint density at radius 1 is 1.64 bits per heavy atom. The van der Waals surface area contributed by atoms with Gasteiger partial charge in [-0.3, -0.25) is 0 Å². The van der Waals surface area contributed by atoms with Crippen molar-refractivity contribution in [3.8, 4) is 0 Å². The van der Waals surface area contributed by atoms with Crippen LogP contribution >= 0.6 is 0 Å². The van der Waals surface area contributed by atoms with E-state index in [2.05, 4.69) is 5.32 Å². The maximum atomic E-state index is 12.3. The van der Waals surface area contributed by atoms with Gasteiger partial charge in [0, 0.05) is 12.5 Å². The van der Waals surface area contributed by atoms with Crippen LogP contribution in [0.3, 0.4) is 0 Å². The average molecular weight is 165 g/mol. The van der Waals surface area contributed by atoms with Crippen LogP contribution in [0.15, 0.2) is 0 Å². The predicted octanol–water partition coefficient (Wildman–Crippen LogP) is 0.612. The summed E-state index contributed by atoms with van der Waals surface area (Å²) in [7, 11) is 0. The van der Waals surface area contributed by atoms with Crippen molar-refractivity contribution in [1.82, 2.24) is 5.32 Å². The maximum absolute atomic E-state index is 12.3. The van der Waals surface area contributed by atoms with Gasteiger partial charge >= 0.3 is 0 Å². The molecule has 2 nitrogen and oxygen atoms in total. The molecule has 0 aromatic rings. The first-order valence-electron chi connectivity index (χ1n) is 3.78. The fourth-order valence-electron chi connectivity index (χ4n) is 1.35. The lowest BCUT2D eigenvalue weighted by Gasteiger charge is -2.37. The lowest BCUT2D eigenvalue weighted by molar-refractivity contribution is -0.141. The van der Waals surface area contributed by atoms with Gasteiger partial charge in [-0.1, -0.05) is 6.92 Å². The topological polar surface area (TPSA) is 32.3 Å². The zero-order valence-electron chi connectivity index (χ0n) is 6.48. The van der Waals surface area contributed by atoms with Crippen LogP contribution in [0.25, 0.3) is 0 Å². The van der Waals surface area contributed by atoms with E-state index in [1.807, 2.05) is 0 Å². The molecule has 0 spiro atoms. The maximum Gasteiger partial charge on any atom is 0.267 e. The van der Waals surface area contributed by atoms with Crippen molar-refractivity contribution in [2.45, 2.75) is 25.4 Å². The predicted molar refractivity (Wildman–Crippen MR) is 37.6 cm³/mol. The third kappa shape index (κ3) is 1.51. The van der Waals surface area contributed by atoms with Crippen LogP contribution in [0.1, 0.15) is 13.3 Å². The normalized spacial score (nSPS) is 39.5. The fourth-order valence-corrected chi connectivity index (χ4v) is 1.35. The number of hydrogen-bond donors (Lipinski definition) is 2. The highest BCUT2D eigenvalue weighted by atomic mass is 19.3. The van der Waals surface area contributed by atoms with Crippen molar-refractivity contribution >= 4 is 0 Å². The zero-order chi connectivity index (χ0) is 8.48. The molecule has 0 aromatic carbocycles. The first-order chi connectivity index (χ1) is 5.07. The van der Waals surface area contributed by atoms with Crippen LogP contribution < -0.4 is 5.32 Å². The molecule has 0 amide bonds. The lowest BCUT2D eigenvalue weighted by Crippen LogP contribution is -2.53. The van der Waals surface area contributed by atoms with E-state index in [1.54, 1.807) is 6.92 Å². The largest absolute Gasteiger partial charge is 0.384 e. The van der Waals surface area contributed by atoms with Crippen molar-refractivity contribution < 1.29 is 13.9 Å². The SMILES string of the molecule is CC1CNCCC1(O)C(F)F. The van der Waals surface area contributed by atoms with E-state index >= 15 is 0 Å². The van der Waals surface area contributed by atoms with Crippen LogP contribution in [0.2, 0.25) is 0 Å². The van der Waals surface area contributed by atoms with Gasteiger partial charge in [0.25, 0.3) is 6.43 Å². The molecular weight excluding hydrogens is 152 g/mol. The van der Waals surface area contributed by atoms with Gasteiger partial charge in [0.05, 0.1) is 0 Å². The summed E-state index contributed by atoms with van der Waals surface area (Å²) in [4.78, 5) is 0. The highest BCUT2D eigenvalue weighted by Crippen LogP contribution is 2.30. The van der Waals surface area contributed by atoms with Gasteiger partial charge in [-0.2, -0.15) is 0 Å². The molecule has 1 aliphatic rings. The summed E-state index contributed by atoms with van der Waals surface area (Å²) in [5.41, 5.74) is -1.76. The molecule has 0 saturated carbocycles. The summed E-state index contributed by atoms with van der Waals surface area (Å²) >= 11 is 0. The minimum Gasteiger partial charge on any atom is -0.384 e. The molecule has 4 heteroatoms. The highest BCUT2D eigenvalue weighted by Gasteiger charge is 2.44. The number of halogens is 2. The van der Waals surface area contributed by atoms with Gasteiger partial charge in [-0.25, -0.2) is 8.78 Å². The van der Waals surface area contributed by atoms with Crippen molar-refractivity contribution in [3.63, 3.8) is 0 Å². The Bertz CT molecular complexity index is 142. The van der Waals surface area contributed by atoms with Crippen LogP contribution in [-0.2, 0) is 0 Å². The van der Waals surface area contributed by atoms with Crippen molar-refractivity contribution in [2.24, 2.45) is 5.92 Å². The molecule has 2 N–H and O–H groups in total. The highest BCUT2D eigenvalue weighted by molar-refractivity contribution is 4.91. The van der Waals surface area contributed by atoms with E-state index in [0.717, 1.165) is 0 Å². The van der Waals surface area contributed by atoms with Crippen molar-refractivity contribution in [3.05, 3.63) is 0 Å². The Kier molecular flexibility index (Phi) is 2.44. The van der Waals surface area contributed by atoms with E-state index in [0.29, 0.717) is 13.1 Å². The number of hydrogen-bond acceptors (Lipinski definition) is 2. The Balaban J connectivity index is 2.64. The fraction of sp³-hybridized carbons (Fsp3) is 1.00. The Hall–Kier alpha value is -0.220. The molecule has 66 valence electrons. The molecular formula is C7H13F2NO. The number of alkyl halides is 2. The monoisotopic (exact) mass is 165 g/mol. The third-order valence-corrected chi connectivity index (χ3v) is 2.38. The number of rotatable bonds is 1. The van der Waals surface area contributed by atoms with E-state index in [-0.39, 0.29) is 12.3 Å². The molecule has 1 aliphatic heterocycles. The standard InChI is InChI=1S/C7H13F2NO/c1-5-4-10-3-2-7(5,11)6(8)9/h5-6,10-11H,2-4H2,1H3.